The van der Waals surface area contributed by atoms with Crippen molar-refractivity contribution in [2.45, 2.75) is 6.18 Å². The Labute approximate surface area is 162 Å². The smallest absolute Gasteiger partial charge is 0.416 e. The molecule has 0 fully saturated rings. The van der Waals surface area contributed by atoms with Crippen molar-refractivity contribution in [2.75, 3.05) is 5.32 Å². The lowest BCUT2D eigenvalue weighted by atomic mass is 10.1. The highest BCUT2D eigenvalue weighted by Crippen LogP contribution is 2.37. The maximum atomic E-state index is 12.7. The van der Waals surface area contributed by atoms with Gasteiger partial charge in [-0.25, -0.2) is 4.79 Å². The summed E-state index contributed by atoms with van der Waals surface area (Å²) in [4.78, 5) is 23.9. The number of furan rings is 1. The number of hydrogen-bond acceptors (Lipinski definition) is 4. The predicted octanol–water partition coefficient (Wildman–Crippen LogP) is 5.74. The van der Waals surface area contributed by atoms with Crippen LogP contribution in [0.15, 0.2) is 51.6 Å². The zero-order valence-electron chi connectivity index (χ0n) is 13.1. The SMILES string of the molecule is O=C(Nc1cc(-c2ccc(C(F)(F)F)cc2)sc1C(=O)O)c1ccc(Br)o1. The average molecular weight is 460 g/mol. The van der Waals surface area contributed by atoms with Gasteiger partial charge in [0.2, 0.25) is 0 Å². The highest BCUT2D eigenvalue weighted by atomic mass is 79.9. The van der Waals surface area contributed by atoms with Gasteiger partial charge in [0.05, 0.1) is 11.3 Å². The van der Waals surface area contributed by atoms with Crippen molar-refractivity contribution >= 4 is 44.8 Å². The number of carboxylic acid groups (broad SMARTS) is 1. The van der Waals surface area contributed by atoms with E-state index in [4.69, 9.17) is 4.42 Å². The van der Waals surface area contributed by atoms with Crippen LogP contribution in [0.1, 0.15) is 25.8 Å². The molecule has 0 unspecified atom stereocenters. The summed E-state index contributed by atoms with van der Waals surface area (Å²) in [5.41, 5.74) is -0.380. The van der Waals surface area contributed by atoms with E-state index < -0.39 is 23.6 Å². The fourth-order valence-corrected chi connectivity index (χ4v) is 3.49. The van der Waals surface area contributed by atoms with Crippen molar-refractivity contribution in [3.63, 3.8) is 0 Å². The zero-order chi connectivity index (χ0) is 19.8. The van der Waals surface area contributed by atoms with Gasteiger partial charge in [-0.15, -0.1) is 11.3 Å². The lowest BCUT2D eigenvalue weighted by Crippen LogP contribution is -2.12. The highest BCUT2D eigenvalue weighted by Gasteiger charge is 2.30. The molecule has 140 valence electrons. The van der Waals surface area contributed by atoms with Crippen molar-refractivity contribution in [3.8, 4) is 10.4 Å². The van der Waals surface area contributed by atoms with Crippen LogP contribution in [0.25, 0.3) is 10.4 Å². The highest BCUT2D eigenvalue weighted by molar-refractivity contribution is 9.10. The van der Waals surface area contributed by atoms with E-state index in [-0.39, 0.29) is 16.3 Å². The molecule has 10 heteroatoms. The second kappa shape index (κ2) is 7.20. The zero-order valence-corrected chi connectivity index (χ0v) is 15.5. The minimum absolute atomic E-state index is 0.0273. The van der Waals surface area contributed by atoms with Crippen LogP contribution in [0.3, 0.4) is 0 Å². The van der Waals surface area contributed by atoms with E-state index >= 15 is 0 Å². The molecule has 2 aromatic heterocycles. The Morgan fingerprint density at radius 3 is 2.30 bits per heavy atom. The Kier molecular flexibility index (Phi) is 5.11. The maximum absolute atomic E-state index is 12.7. The van der Waals surface area contributed by atoms with Crippen molar-refractivity contribution in [2.24, 2.45) is 0 Å². The van der Waals surface area contributed by atoms with E-state index in [9.17, 15) is 27.9 Å². The van der Waals surface area contributed by atoms with Gasteiger partial charge in [-0.2, -0.15) is 13.2 Å². The standard InChI is InChI=1S/C17H9BrF3NO4S/c18-13-6-5-11(26-13)15(23)22-10-7-12(27-14(10)16(24)25)8-1-3-9(4-2-8)17(19,20)21/h1-7H,(H,22,23)(H,24,25). The molecule has 2 N–H and O–H groups in total. The number of carbonyl (C=O) groups excluding carboxylic acids is 1. The molecular formula is C17H9BrF3NO4S. The van der Waals surface area contributed by atoms with Gasteiger partial charge in [-0.3, -0.25) is 4.79 Å². The summed E-state index contributed by atoms with van der Waals surface area (Å²) < 4.78 is 43.4. The molecule has 0 spiro atoms. The van der Waals surface area contributed by atoms with Gasteiger partial charge < -0.3 is 14.8 Å². The molecule has 0 aliphatic rings. The minimum atomic E-state index is -4.46. The second-order valence-electron chi connectivity index (χ2n) is 5.29. The molecular weight excluding hydrogens is 451 g/mol. The van der Waals surface area contributed by atoms with Gasteiger partial charge >= 0.3 is 12.1 Å². The average Bonchev–Trinajstić information content (AvgIpc) is 3.21. The van der Waals surface area contributed by atoms with Crippen molar-refractivity contribution in [3.05, 3.63) is 63.3 Å². The molecule has 0 saturated carbocycles. The Morgan fingerprint density at radius 2 is 1.78 bits per heavy atom. The van der Waals surface area contributed by atoms with Crippen molar-refractivity contribution in [1.29, 1.82) is 0 Å². The molecule has 3 rings (SSSR count). The van der Waals surface area contributed by atoms with Crippen LogP contribution < -0.4 is 5.32 Å². The molecule has 27 heavy (non-hydrogen) atoms. The number of benzene rings is 1. The summed E-state index contributed by atoms with van der Waals surface area (Å²) in [6, 6.07) is 8.62. The number of anilines is 1. The van der Waals surface area contributed by atoms with Crippen LogP contribution in [0.2, 0.25) is 0 Å². The fourth-order valence-electron chi connectivity index (χ4n) is 2.23. The van der Waals surface area contributed by atoms with Crippen LogP contribution in [0.4, 0.5) is 18.9 Å². The van der Waals surface area contributed by atoms with Gasteiger partial charge in [-0.1, -0.05) is 12.1 Å². The van der Waals surface area contributed by atoms with E-state index in [1.54, 1.807) is 0 Å². The van der Waals surface area contributed by atoms with Crippen molar-refractivity contribution < 1.29 is 32.3 Å². The predicted molar refractivity (Wildman–Crippen MR) is 96.1 cm³/mol. The molecule has 0 radical (unpaired) electrons. The number of thiophene rings is 1. The quantitative estimate of drug-likeness (QED) is 0.521. The summed E-state index contributed by atoms with van der Waals surface area (Å²) in [7, 11) is 0. The van der Waals surface area contributed by atoms with E-state index in [1.165, 1.54) is 30.3 Å². The van der Waals surface area contributed by atoms with Gasteiger partial charge in [0.1, 0.15) is 4.88 Å². The number of hydrogen-bond donors (Lipinski definition) is 2. The second-order valence-corrected chi connectivity index (χ2v) is 7.13. The van der Waals surface area contributed by atoms with Crippen LogP contribution >= 0.6 is 27.3 Å². The molecule has 5 nitrogen and oxygen atoms in total. The van der Waals surface area contributed by atoms with Crippen LogP contribution in [-0.2, 0) is 6.18 Å². The van der Waals surface area contributed by atoms with Gasteiger partial charge in [-0.05, 0) is 51.8 Å². The van der Waals surface area contributed by atoms with E-state index in [0.717, 1.165) is 23.5 Å². The molecule has 1 amide bonds. The van der Waals surface area contributed by atoms with E-state index in [1.807, 2.05) is 0 Å². The van der Waals surface area contributed by atoms with Crippen LogP contribution in [0, 0.1) is 0 Å². The third kappa shape index (κ3) is 4.22. The van der Waals surface area contributed by atoms with Gasteiger partial charge in [0.15, 0.2) is 10.4 Å². The Balaban J connectivity index is 1.91. The van der Waals surface area contributed by atoms with Crippen LogP contribution in [-0.4, -0.2) is 17.0 Å². The summed E-state index contributed by atoms with van der Waals surface area (Å²) in [6.45, 7) is 0. The first-order valence-electron chi connectivity index (χ1n) is 7.26. The molecule has 0 aliphatic heterocycles. The number of halogens is 4. The van der Waals surface area contributed by atoms with Crippen molar-refractivity contribution in [1.82, 2.24) is 0 Å². The lowest BCUT2D eigenvalue weighted by Gasteiger charge is -2.06. The normalized spacial score (nSPS) is 11.4. The Hall–Kier alpha value is -2.59. The van der Waals surface area contributed by atoms with E-state index in [2.05, 4.69) is 21.2 Å². The Bertz CT molecular complexity index is 1010. The molecule has 0 aliphatic carbocycles. The molecule has 2 heterocycles. The summed E-state index contributed by atoms with van der Waals surface area (Å²) >= 11 is 3.90. The number of aromatic carboxylic acids is 1. The fraction of sp³-hybridized carbons (Fsp3) is 0.0588. The monoisotopic (exact) mass is 459 g/mol. The topological polar surface area (TPSA) is 79.5 Å². The van der Waals surface area contributed by atoms with Gasteiger partial charge in [0.25, 0.3) is 5.91 Å². The first-order chi connectivity index (χ1) is 12.6. The number of nitrogens with one attached hydrogen (secondary N) is 1. The Morgan fingerprint density at radius 1 is 1.11 bits per heavy atom. The number of alkyl halides is 3. The van der Waals surface area contributed by atoms with E-state index in [0.29, 0.717) is 15.1 Å². The largest absolute Gasteiger partial charge is 0.477 e. The van der Waals surface area contributed by atoms with Crippen LogP contribution in [0.5, 0.6) is 0 Å². The summed E-state index contributed by atoms with van der Waals surface area (Å²) in [5.74, 6) is -1.95. The molecule has 3 aromatic rings. The number of carboxylic acids is 1. The molecule has 0 bridgehead atoms. The first-order valence-corrected chi connectivity index (χ1v) is 8.87. The third-order valence-corrected chi connectivity index (χ3v) is 5.07. The molecule has 1 aromatic carbocycles. The third-order valence-electron chi connectivity index (χ3n) is 3.47. The first kappa shape index (κ1) is 19.2. The lowest BCUT2D eigenvalue weighted by molar-refractivity contribution is -0.137. The number of carbonyl (C=O) groups is 2. The molecule has 0 atom stereocenters. The minimum Gasteiger partial charge on any atom is -0.477 e. The summed E-state index contributed by atoms with van der Waals surface area (Å²) in [5, 5.41) is 11.8. The van der Waals surface area contributed by atoms with Gasteiger partial charge in [0, 0.05) is 4.88 Å². The summed E-state index contributed by atoms with van der Waals surface area (Å²) in [6.07, 6.45) is -4.46. The number of amides is 1. The maximum Gasteiger partial charge on any atom is 0.416 e. The number of rotatable bonds is 4. The molecule has 0 saturated heterocycles.